The van der Waals surface area contributed by atoms with Gasteiger partial charge in [0.1, 0.15) is 4.83 Å². The topological polar surface area (TPSA) is 64.0 Å². The van der Waals surface area contributed by atoms with E-state index in [0.717, 1.165) is 35.2 Å². The molecule has 2 aromatic carbocycles. The van der Waals surface area contributed by atoms with Gasteiger partial charge >= 0.3 is 0 Å². The van der Waals surface area contributed by atoms with Gasteiger partial charge in [0.2, 0.25) is 5.91 Å². The highest BCUT2D eigenvalue weighted by Crippen LogP contribution is 2.36. The Morgan fingerprint density at radius 1 is 1.15 bits per heavy atom. The van der Waals surface area contributed by atoms with Crippen LogP contribution in [0.15, 0.2) is 52.4 Å². The minimum Gasteiger partial charge on any atom is -0.325 e. The Morgan fingerprint density at radius 2 is 1.91 bits per heavy atom. The zero-order valence-corrected chi connectivity index (χ0v) is 20.8. The number of hydrogen-bond acceptors (Lipinski definition) is 5. The fourth-order valence-electron chi connectivity index (χ4n) is 4.02. The van der Waals surface area contributed by atoms with Crippen molar-refractivity contribution in [1.82, 2.24) is 9.55 Å². The van der Waals surface area contributed by atoms with Gasteiger partial charge in [0.05, 0.1) is 16.8 Å². The molecule has 0 atom stereocenters. The number of halogens is 2. The molecule has 0 radical (unpaired) electrons. The van der Waals surface area contributed by atoms with Crippen LogP contribution in [0.3, 0.4) is 0 Å². The van der Waals surface area contributed by atoms with E-state index in [9.17, 15) is 9.59 Å². The smallest absolute Gasteiger partial charge is 0.267 e. The number of amides is 1. The van der Waals surface area contributed by atoms with E-state index in [-0.39, 0.29) is 17.2 Å². The highest BCUT2D eigenvalue weighted by Gasteiger charge is 2.24. The zero-order valence-electron chi connectivity index (χ0n) is 17.7. The molecule has 4 aromatic rings. The lowest BCUT2D eigenvalue weighted by molar-refractivity contribution is -0.113. The summed E-state index contributed by atoms with van der Waals surface area (Å²) in [6.07, 6.45) is 2.96. The average molecular weight is 516 g/mol. The van der Waals surface area contributed by atoms with Crippen molar-refractivity contribution < 1.29 is 4.79 Å². The number of benzene rings is 2. The number of aryl methyl sites for hydroxylation is 3. The molecule has 1 aliphatic carbocycles. The average Bonchev–Trinajstić information content (AvgIpc) is 3.36. The van der Waals surface area contributed by atoms with Gasteiger partial charge in [0, 0.05) is 20.6 Å². The lowest BCUT2D eigenvalue weighted by Crippen LogP contribution is -2.23. The number of anilines is 1. The molecule has 5 nitrogen and oxygen atoms in total. The number of carbonyl (C=O) groups is 1. The molecular weight excluding hydrogens is 497 g/mol. The third-order valence-corrected chi connectivity index (χ3v) is 8.20. The predicted molar refractivity (Wildman–Crippen MR) is 138 cm³/mol. The maximum Gasteiger partial charge on any atom is 0.267 e. The molecule has 5 rings (SSSR count). The summed E-state index contributed by atoms with van der Waals surface area (Å²) in [7, 11) is 0. The Hall–Kier alpha value is -2.32. The maximum absolute atomic E-state index is 13.6. The van der Waals surface area contributed by atoms with Crippen molar-refractivity contribution in [1.29, 1.82) is 0 Å². The van der Waals surface area contributed by atoms with E-state index < -0.39 is 0 Å². The van der Waals surface area contributed by atoms with Gasteiger partial charge in [-0.05, 0) is 79.8 Å². The quantitative estimate of drug-likeness (QED) is 0.251. The van der Waals surface area contributed by atoms with E-state index in [2.05, 4.69) is 5.32 Å². The van der Waals surface area contributed by atoms with Crippen LogP contribution in [0.4, 0.5) is 5.69 Å². The molecule has 0 fully saturated rings. The van der Waals surface area contributed by atoms with Crippen LogP contribution in [0.25, 0.3) is 15.9 Å². The second kappa shape index (κ2) is 9.14. The summed E-state index contributed by atoms with van der Waals surface area (Å²) in [5.41, 5.74) is 3.29. The van der Waals surface area contributed by atoms with Gasteiger partial charge in [-0.15, -0.1) is 11.3 Å². The van der Waals surface area contributed by atoms with Crippen LogP contribution in [0.2, 0.25) is 10.0 Å². The first-order valence-electron chi connectivity index (χ1n) is 10.4. The molecule has 1 N–H and O–H groups in total. The Balaban J connectivity index is 1.50. The van der Waals surface area contributed by atoms with Crippen molar-refractivity contribution in [3.05, 3.63) is 78.9 Å². The molecule has 0 spiro atoms. The summed E-state index contributed by atoms with van der Waals surface area (Å²) in [5.74, 6) is -0.0744. The molecule has 0 aliphatic heterocycles. The Morgan fingerprint density at radius 3 is 2.67 bits per heavy atom. The number of nitrogens with one attached hydrogen (secondary N) is 1. The van der Waals surface area contributed by atoms with Crippen molar-refractivity contribution in [2.24, 2.45) is 0 Å². The number of fused-ring (bicyclic) bond motifs is 3. The summed E-state index contributed by atoms with van der Waals surface area (Å²) in [6.45, 7) is 1.89. The molecule has 0 unspecified atom stereocenters. The number of thioether (sulfide) groups is 1. The molecular formula is C24H19Cl2N3O2S2. The van der Waals surface area contributed by atoms with Crippen LogP contribution in [0, 0.1) is 6.92 Å². The summed E-state index contributed by atoms with van der Waals surface area (Å²) in [6, 6.07) is 12.4. The number of aromatic nitrogens is 2. The van der Waals surface area contributed by atoms with Gasteiger partial charge in [0.25, 0.3) is 5.56 Å². The van der Waals surface area contributed by atoms with Crippen LogP contribution < -0.4 is 10.9 Å². The van der Waals surface area contributed by atoms with Crippen LogP contribution in [0.5, 0.6) is 0 Å². The second-order valence-corrected chi connectivity index (χ2v) is 10.7. The van der Waals surface area contributed by atoms with Crippen molar-refractivity contribution in [3.63, 3.8) is 0 Å². The standard InChI is InChI=1S/C24H19Cl2N3O2S2/c1-13-11-15(26)7-10-18(13)27-20(30)12-32-24-28-22-21(17-3-2-4-19(17)33-22)23(31)29(24)16-8-5-14(25)6-9-16/h5-11H,2-4,12H2,1H3,(H,27,30). The molecule has 33 heavy (non-hydrogen) atoms. The summed E-state index contributed by atoms with van der Waals surface area (Å²) >= 11 is 14.9. The molecule has 1 amide bonds. The van der Waals surface area contributed by atoms with Gasteiger partial charge in [-0.3, -0.25) is 14.2 Å². The van der Waals surface area contributed by atoms with E-state index >= 15 is 0 Å². The van der Waals surface area contributed by atoms with E-state index in [1.54, 1.807) is 58.4 Å². The first kappa shape index (κ1) is 22.5. The van der Waals surface area contributed by atoms with E-state index in [1.807, 2.05) is 6.92 Å². The minimum absolute atomic E-state index is 0.0989. The number of hydrogen-bond donors (Lipinski definition) is 1. The van der Waals surface area contributed by atoms with Crippen molar-refractivity contribution in [3.8, 4) is 5.69 Å². The van der Waals surface area contributed by atoms with Crippen molar-refractivity contribution in [2.75, 3.05) is 11.1 Å². The summed E-state index contributed by atoms with van der Waals surface area (Å²) in [4.78, 5) is 33.1. The lowest BCUT2D eigenvalue weighted by Gasteiger charge is -2.13. The third kappa shape index (κ3) is 4.43. The summed E-state index contributed by atoms with van der Waals surface area (Å²) < 4.78 is 1.59. The normalized spacial score (nSPS) is 12.8. The predicted octanol–water partition coefficient (Wildman–Crippen LogP) is 6.28. The van der Waals surface area contributed by atoms with Crippen molar-refractivity contribution in [2.45, 2.75) is 31.3 Å². The first-order valence-corrected chi connectivity index (χ1v) is 13.0. The van der Waals surface area contributed by atoms with Gasteiger partial charge in [0.15, 0.2) is 5.16 Å². The Labute approximate surface area is 208 Å². The maximum atomic E-state index is 13.6. The third-order valence-electron chi connectivity index (χ3n) is 5.59. The monoisotopic (exact) mass is 515 g/mol. The van der Waals surface area contributed by atoms with Gasteiger partial charge < -0.3 is 5.32 Å². The van der Waals surface area contributed by atoms with Crippen LogP contribution in [-0.2, 0) is 17.6 Å². The fraction of sp³-hybridized carbons (Fsp3) is 0.208. The number of carbonyl (C=O) groups excluding carboxylic acids is 1. The number of thiophene rings is 1. The highest BCUT2D eigenvalue weighted by atomic mass is 35.5. The van der Waals surface area contributed by atoms with Crippen molar-refractivity contribution >= 4 is 68.1 Å². The van der Waals surface area contributed by atoms with Gasteiger partial charge in [-0.1, -0.05) is 35.0 Å². The highest BCUT2D eigenvalue weighted by molar-refractivity contribution is 7.99. The van der Waals surface area contributed by atoms with E-state index in [1.165, 1.54) is 16.6 Å². The summed E-state index contributed by atoms with van der Waals surface area (Å²) in [5, 5.41) is 5.30. The Kier molecular flexibility index (Phi) is 6.22. The zero-order chi connectivity index (χ0) is 23.1. The van der Waals surface area contributed by atoms with Crippen LogP contribution in [-0.4, -0.2) is 21.2 Å². The van der Waals surface area contributed by atoms with E-state index in [0.29, 0.717) is 32.0 Å². The molecule has 2 heterocycles. The second-order valence-electron chi connectivity index (χ2n) is 7.84. The molecule has 0 saturated carbocycles. The SMILES string of the molecule is Cc1cc(Cl)ccc1NC(=O)CSc1nc2sc3c(c2c(=O)n1-c1ccc(Cl)cc1)CCC3. The minimum atomic E-state index is -0.184. The largest absolute Gasteiger partial charge is 0.325 e. The Bertz CT molecular complexity index is 1450. The number of rotatable bonds is 5. The van der Waals surface area contributed by atoms with Crippen LogP contribution in [0.1, 0.15) is 22.4 Å². The number of nitrogens with zero attached hydrogens (tertiary/aromatic N) is 2. The molecule has 2 aromatic heterocycles. The van der Waals surface area contributed by atoms with Crippen LogP contribution >= 0.6 is 46.3 Å². The molecule has 168 valence electrons. The van der Waals surface area contributed by atoms with E-state index in [4.69, 9.17) is 28.2 Å². The lowest BCUT2D eigenvalue weighted by atomic mass is 10.2. The molecule has 0 bridgehead atoms. The van der Waals surface area contributed by atoms with Gasteiger partial charge in [-0.2, -0.15) is 0 Å². The van der Waals surface area contributed by atoms with Gasteiger partial charge in [-0.25, -0.2) is 4.98 Å². The molecule has 9 heteroatoms. The first-order chi connectivity index (χ1) is 15.9. The molecule has 1 aliphatic rings. The fourth-order valence-corrected chi connectivity index (χ4v) is 6.49. The molecule has 0 saturated heterocycles.